The maximum atomic E-state index is 13.2. The fourth-order valence-corrected chi connectivity index (χ4v) is 3.54. The van der Waals surface area contributed by atoms with E-state index < -0.39 is 6.04 Å². The van der Waals surface area contributed by atoms with Gasteiger partial charge in [-0.25, -0.2) is 0 Å². The number of nitrogens with one attached hydrogen (secondary N) is 1. The molecule has 2 aromatic rings. The van der Waals surface area contributed by atoms with Gasteiger partial charge in [0.05, 0.1) is 6.42 Å². The Kier molecular flexibility index (Phi) is 8.34. The molecular formula is C22H26Cl2N2O2. The topological polar surface area (TPSA) is 49.4 Å². The first kappa shape index (κ1) is 22.3. The Bertz CT molecular complexity index is 789. The second-order valence-corrected chi connectivity index (χ2v) is 7.79. The molecule has 0 spiro atoms. The van der Waals surface area contributed by atoms with Crippen LogP contribution in [0.25, 0.3) is 0 Å². The fraction of sp³-hybridized carbons (Fsp3) is 0.364. The summed E-state index contributed by atoms with van der Waals surface area (Å²) in [5, 5.41) is 3.86. The third-order valence-electron chi connectivity index (χ3n) is 4.41. The van der Waals surface area contributed by atoms with Crippen LogP contribution >= 0.6 is 23.2 Å². The third kappa shape index (κ3) is 5.98. The van der Waals surface area contributed by atoms with Gasteiger partial charge >= 0.3 is 0 Å². The van der Waals surface area contributed by atoms with Gasteiger partial charge in [0.1, 0.15) is 6.04 Å². The Hall–Kier alpha value is -2.04. The van der Waals surface area contributed by atoms with Crippen LogP contribution in [-0.2, 0) is 22.6 Å². The van der Waals surface area contributed by atoms with Crippen LogP contribution in [0.3, 0.4) is 0 Å². The van der Waals surface area contributed by atoms with E-state index in [1.165, 1.54) is 0 Å². The molecule has 0 fully saturated rings. The van der Waals surface area contributed by atoms with Gasteiger partial charge in [0.15, 0.2) is 0 Å². The van der Waals surface area contributed by atoms with Gasteiger partial charge in [-0.1, -0.05) is 66.5 Å². The summed E-state index contributed by atoms with van der Waals surface area (Å²) >= 11 is 12.7. The predicted molar refractivity (Wildman–Crippen MR) is 115 cm³/mol. The molecule has 2 rings (SSSR count). The molecule has 0 aromatic heterocycles. The first-order valence-corrected chi connectivity index (χ1v) is 10.2. The largest absolute Gasteiger partial charge is 0.352 e. The molecule has 0 aliphatic heterocycles. The highest BCUT2D eigenvalue weighted by molar-refractivity contribution is 6.36. The lowest BCUT2D eigenvalue weighted by molar-refractivity contribution is -0.141. The van der Waals surface area contributed by atoms with E-state index in [1.54, 1.807) is 23.1 Å². The van der Waals surface area contributed by atoms with Crippen molar-refractivity contribution in [2.24, 2.45) is 0 Å². The van der Waals surface area contributed by atoms with Crippen LogP contribution in [0.2, 0.25) is 10.0 Å². The minimum atomic E-state index is -0.606. The summed E-state index contributed by atoms with van der Waals surface area (Å²) in [4.78, 5) is 27.5. The zero-order valence-electron chi connectivity index (χ0n) is 16.4. The van der Waals surface area contributed by atoms with Crippen molar-refractivity contribution in [1.29, 1.82) is 0 Å². The summed E-state index contributed by atoms with van der Waals surface area (Å²) in [6, 6.07) is 14.1. The Morgan fingerprint density at radius 3 is 2.14 bits per heavy atom. The quantitative estimate of drug-likeness (QED) is 0.661. The van der Waals surface area contributed by atoms with Crippen LogP contribution in [-0.4, -0.2) is 28.8 Å². The molecule has 0 unspecified atom stereocenters. The van der Waals surface area contributed by atoms with E-state index in [2.05, 4.69) is 5.32 Å². The van der Waals surface area contributed by atoms with Gasteiger partial charge in [-0.2, -0.15) is 0 Å². The number of hydrogen-bond donors (Lipinski definition) is 1. The lowest BCUT2D eigenvalue weighted by Gasteiger charge is -2.31. The van der Waals surface area contributed by atoms with Crippen molar-refractivity contribution >= 4 is 35.0 Å². The standard InChI is InChI=1S/C22H26Cl2N2O2/c1-4-20(22(28)25-15(2)3)26(14-17-18(23)11-8-12-19(17)24)21(27)13-16-9-6-5-7-10-16/h5-12,15,20H,4,13-14H2,1-3H3,(H,25,28)/t20-/m0/s1. The second-order valence-electron chi connectivity index (χ2n) is 6.97. The summed E-state index contributed by atoms with van der Waals surface area (Å²) in [6.07, 6.45) is 0.690. The average molecular weight is 421 g/mol. The summed E-state index contributed by atoms with van der Waals surface area (Å²) in [5.74, 6) is -0.324. The van der Waals surface area contributed by atoms with Gasteiger partial charge in [0, 0.05) is 28.2 Å². The van der Waals surface area contributed by atoms with E-state index >= 15 is 0 Å². The second kappa shape index (κ2) is 10.5. The molecular weight excluding hydrogens is 395 g/mol. The SMILES string of the molecule is CC[C@@H](C(=O)NC(C)C)N(Cc1c(Cl)cccc1Cl)C(=O)Cc1ccccc1. The number of benzene rings is 2. The van der Waals surface area contributed by atoms with Gasteiger partial charge in [-0.15, -0.1) is 0 Å². The van der Waals surface area contributed by atoms with Gasteiger partial charge in [0.25, 0.3) is 0 Å². The summed E-state index contributed by atoms with van der Waals surface area (Å²) in [5.41, 5.74) is 1.53. The van der Waals surface area contributed by atoms with Gasteiger partial charge in [-0.05, 0) is 38.0 Å². The molecule has 0 saturated carbocycles. The molecule has 0 aliphatic rings. The maximum Gasteiger partial charge on any atom is 0.243 e. The molecule has 2 aromatic carbocycles. The highest BCUT2D eigenvalue weighted by atomic mass is 35.5. The van der Waals surface area contributed by atoms with E-state index in [4.69, 9.17) is 23.2 Å². The van der Waals surface area contributed by atoms with Crippen molar-refractivity contribution in [2.45, 2.75) is 52.2 Å². The Balaban J connectivity index is 2.35. The van der Waals surface area contributed by atoms with E-state index in [-0.39, 0.29) is 30.8 Å². The molecule has 28 heavy (non-hydrogen) atoms. The van der Waals surface area contributed by atoms with Crippen molar-refractivity contribution in [3.05, 3.63) is 69.7 Å². The van der Waals surface area contributed by atoms with E-state index in [1.807, 2.05) is 51.1 Å². The normalized spacial score (nSPS) is 11.9. The van der Waals surface area contributed by atoms with E-state index in [9.17, 15) is 9.59 Å². The molecule has 2 amide bonds. The zero-order valence-corrected chi connectivity index (χ0v) is 17.9. The molecule has 6 heteroatoms. The number of nitrogens with zero attached hydrogens (tertiary/aromatic N) is 1. The zero-order chi connectivity index (χ0) is 20.7. The van der Waals surface area contributed by atoms with Crippen LogP contribution in [0.5, 0.6) is 0 Å². The van der Waals surface area contributed by atoms with Crippen LogP contribution in [0.15, 0.2) is 48.5 Å². The summed E-state index contributed by atoms with van der Waals surface area (Å²) in [7, 11) is 0. The monoisotopic (exact) mass is 420 g/mol. The third-order valence-corrected chi connectivity index (χ3v) is 5.11. The molecule has 0 saturated heterocycles. The van der Waals surface area contributed by atoms with Gasteiger partial charge in [-0.3, -0.25) is 9.59 Å². The number of rotatable bonds is 8. The van der Waals surface area contributed by atoms with Crippen molar-refractivity contribution < 1.29 is 9.59 Å². The number of carbonyl (C=O) groups is 2. The first-order chi connectivity index (χ1) is 13.3. The molecule has 0 bridgehead atoms. The summed E-state index contributed by atoms with van der Waals surface area (Å²) in [6.45, 7) is 5.85. The molecule has 150 valence electrons. The van der Waals surface area contributed by atoms with Gasteiger partial charge < -0.3 is 10.2 Å². The Labute approximate surface area is 176 Å². The molecule has 4 nitrogen and oxygen atoms in total. The lowest BCUT2D eigenvalue weighted by atomic mass is 10.1. The number of amides is 2. The van der Waals surface area contributed by atoms with E-state index in [0.29, 0.717) is 22.0 Å². The molecule has 0 heterocycles. The van der Waals surface area contributed by atoms with Crippen LogP contribution in [0.4, 0.5) is 0 Å². The van der Waals surface area contributed by atoms with Crippen molar-refractivity contribution in [1.82, 2.24) is 10.2 Å². The smallest absolute Gasteiger partial charge is 0.243 e. The minimum absolute atomic E-state index is 0.0171. The van der Waals surface area contributed by atoms with E-state index in [0.717, 1.165) is 5.56 Å². The molecule has 0 aliphatic carbocycles. The number of hydrogen-bond acceptors (Lipinski definition) is 2. The van der Waals surface area contributed by atoms with Crippen LogP contribution < -0.4 is 5.32 Å². The van der Waals surface area contributed by atoms with Crippen molar-refractivity contribution in [3.8, 4) is 0 Å². The molecule has 1 N–H and O–H groups in total. The van der Waals surface area contributed by atoms with Crippen LogP contribution in [0.1, 0.15) is 38.3 Å². The first-order valence-electron chi connectivity index (χ1n) is 9.40. The lowest BCUT2D eigenvalue weighted by Crippen LogP contribution is -2.50. The number of halogens is 2. The average Bonchev–Trinajstić information content (AvgIpc) is 2.64. The maximum absolute atomic E-state index is 13.2. The fourth-order valence-electron chi connectivity index (χ4n) is 3.03. The highest BCUT2D eigenvalue weighted by Gasteiger charge is 2.30. The summed E-state index contributed by atoms with van der Waals surface area (Å²) < 4.78 is 0. The minimum Gasteiger partial charge on any atom is -0.352 e. The predicted octanol–water partition coefficient (Wildman–Crippen LogP) is 4.87. The van der Waals surface area contributed by atoms with Gasteiger partial charge in [0.2, 0.25) is 11.8 Å². The molecule has 1 atom stereocenters. The highest BCUT2D eigenvalue weighted by Crippen LogP contribution is 2.27. The van der Waals surface area contributed by atoms with Crippen molar-refractivity contribution in [2.75, 3.05) is 0 Å². The van der Waals surface area contributed by atoms with Crippen LogP contribution in [0, 0.1) is 0 Å². The Morgan fingerprint density at radius 2 is 1.61 bits per heavy atom. The number of carbonyl (C=O) groups excluding carboxylic acids is 2. The Morgan fingerprint density at radius 1 is 1.00 bits per heavy atom. The van der Waals surface area contributed by atoms with Crippen molar-refractivity contribution in [3.63, 3.8) is 0 Å². The molecule has 0 radical (unpaired) electrons.